The van der Waals surface area contributed by atoms with Gasteiger partial charge in [-0.15, -0.1) is 0 Å². The molecule has 3 nitrogen and oxygen atoms in total. The Balaban J connectivity index is 2.18. The molecular weight excluding hydrogens is 248 g/mol. The smallest absolute Gasteiger partial charge is 0.132 e. The SMILES string of the molecule is CC(N)Cc1ccnc(Cc2cc(F)cc(F)c2)n1. The van der Waals surface area contributed by atoms with Gasteiger partial charge in [-0.2, -0.15) is 0 Å². The minimum Gasteiger partial charge on any atom is -0.328 e. The van der Waals surface area contributed by atoms with Gasteiger partial charge in [0, 0.05) is 36.8 Å². The Bertz CT molecular complexity index is 550. The minimum absolute atomic E-state index is 0.00867. The number of benzene rings is 1. The monoisotopic (exact) mass is 263 g/mol. The van der Waals surface area contributed by atoms with Crippen LogP contribution in [0.15, 0.2) is 30.5 Å². The number of aromatic nitrogens is 2. The zero-order chi connectivity index (χ0) is 13.8. The molecule has 1 aromatic carbocycles. The molecule has 19 heavy (non-hydrogen) atoms. The Morgan fingerprint density at radius 1 is 1.21 bits per heavy atom. The Kier molecular flexibility index (Phi) is 4.16. The van der Waals surface area contributed by atoms with E-state index in [0.717, 1.165) is 11.8 Å². The number of halogens is 2. The first-order chi connectivity index (χ1) is 9.02. The average Bonchev–Trinajstić information content (AvgIpc) is 2.26. The lowest BCUT2D eigenvalue weighted by molar-refractivity contribution is 0.580. The average molecular weight is 263 g/mol. The lowest BCUT2D eigenvalue weighted by Crippen LogP contribution is -2.19. The van der Waals surface area contributed by atoms with Crippen molar-refractivity contribution in [1.29, 1.82) is 0 Å². The van der Waals surface area contributed by atoms with Gasteiger partial charge in [0.2, 0.25) is 0 Å². The third-order valence-electron chi connectivity index (χ3n) is 2.58. The summed E-state index contributed by atoms with van der Waals surface area (Å²) < 4.78 is 26.2. The van der Waals surface area contributed by atoms with E-state index in [9.17, 15) is 8.78 Å². The number of hydrogen-bond donors (Lipinski definition) is 1. The molecule has 1 atom stereocenters. The normalized spacial score (nSPS) is 12.4. The second kappa shape index (κ2) is 5.84. The molecule has 0 aliphatic carbocycles. The third-order valence-corrected chi connectivity index (χ3v) is 2.58. The van der Waals surface area contributed by atoms with Gasteiger partial charge in [0.25, 0.3) is 0 Å². The van der Waals surface area contributed by atoms with Crippen molar-refractivity contribution in [2.45, 2.75) is 25.8 Å². The van der Waals surface area contributed by atoms with Crippen molar-refractivity contribution in [3.63, 3.8) is 0 Å². The van der Waals surface area contributed by atoms with Crippen molar-refractivity contribution in [2.24, 2.45) is 5.73 Å². The molecule has 2 aromatic rings. The summed E-state index contributed by atoms with van der Waals surface area (Å²) in [6, 6.07) is 5.21. The molecule has 0 fully saturated rings. The topological polar surface area (TPSA) is 51.8 Å². The van der Waals surface area contributed by atoms with Crippen LogP contribution in [0.4, 0.5) is 8.78 Å². The summed E-state index contributed by atoms with van der Waals surface area (Å²) in [7, 11) is 0. The van der Waals surface area contributed by atoms with Gasteiger partial charge >= 0.3 is 0 Å². The molecule has 1 unspecified atom stereocenters. The number of rotatable bonds is 4. The highest BCUT2D eigenvalue weighted by atomic mass is 19.1. The van der Waals surface area contributed by atoms with Crippen LogP contribution < -0.4 is 5.73 Å². The number of hydrogen-bond acceptors (Lipinski definition) is 3. The molecule has 1 heterocycles. The first-order valence-corrected chi connectivity index (χ1v) is 6.04. The van der Waals surface area contributed by atoms with Crippen molar-refractivity contribution in [3.05, 3.63) is 59.2 Å². The fourth-order valence-electron chi connectivity index (χ4n) is 1.87. The Morgan fingerprint density at radius 3 is 2.53 bits per heavy atom. The summed E-state index contributed by atoms with van der Waals surface area (Å²) in [5.41, 5.74) is 7.05. The molecular formula is C14H15F2N3. The predicted octanol–water partition coefficient (Wildman–Crippen LogP) is 2.24. The van der Waals surface area contributed by atoms with Crippen LogP contribution in [0.25, 0.3) is 0 Å². The Labute approximate surface area is 110 Å². The highest BCUT2D eigenvalue weighted by Gasteiger charge is 2.06. The first kappa shape index (κ1) is 13.5. The molecule has 0 bridgehead atoms. The van der Waals surface area contributed by atoms with Gasteiger partial charge in [0.05, 0.1) is 0 Å². The molecule has 2 rings (SSSR count). The summed E-state index contributed by atoms with van der Waals surface area (Å²) in [4.78, 5) is 8.44. The fraction of sp³-hybridized carbons (Fsp3) is 0.286. The van der Waals surface area contributed by atoms with Crippen LogP contribution in [0.1, 0.15) is 24.0 Å². The standard InChI is InChI=1S/C14H15F2N3/c1-9(17)4-13-2-3-18-14(19-13)7-10-5-11(15)8-12(16)6-10/h2-3,5-6,8-9H,4,7,17H2,1H3. The third kappa shape index (κ3) is 4.06. The quantitative estimate of drug-likeness (QED) is 0.920. The van der Waals surface area contributed by atoms with Gasteiger partial charge in [-0.05, 0) is 30.7 Å². The van der Waals surface area contributed by atoms with Gasteiger partial charge in [-0.25, -0.2) is 18.7 Å². The van der Waals surface area contributed by atoms with E-state index in [1.807, 2.05) is 6.92 Å². The lowest BCUT2D eigenvalue weighted by Gasteiger charge is -2.06. The predicted molar refractivity (Wildman–Crippen MR) is 68.5 cm³/mol. The van der Waals surface area contributed by atoms with E-state index >= 15 is 0 Å². The fourth-order valence-corrected chi connectivity index (χ4v) is 1.87. The molecule has 2 N–H and O–H groups in total. The number of nitrogens with two attached hydrogens (primary N) is 1. The van der Waals surface area contributed by atoms with Gasteiger partial charge in [0.15, 0.2) is 0 Å². The van der Waals surface area contributed by atoms with Crippen molar-refractivity contribution in [3.8, 4) is 0 Å². The van der Waals surface area contributed by atoms with Crippen LogP contribution in [0.2, 0.25) is 0 Å². The zero-order valence-corrected chi connectivity index (χ0v) is 10.6. The highest BCUT2D eigenvalue weighted by Crippen LogP contribution is 2.11. The molecule has 0 saturated carbocycles. The van der Waals surface area contributed by atoms with Gasteiger partial charge in [0.1, 0.15) is 17.5 Å². The van der Waals surface area contributed by atoms with E-state index in [2.05, 4.69) is 9.97 Å². The maximum Gasteiger partial charge on any atom is 0.132 e. The van der Waals surface area contributed by atoms with Crippen LogP contribution in [0, 0.1) is 11.6 Å². The molecule has 1 aromatic heterocycles. The molecule has 0 saturated heterocycles. The molecule has 0 aliphatic rings. The highest BCUT2D eigenvalue weighted by molar-refractivity contribution is 5.21. The maximum atomic E-state index is 13.1. The molecule has 0 amide bonds. The summed E-state index contributed by atoms with van der Waals surface area (Å²) in [6.45, 7) is 1.89. The van der Waals surface area contributed by atoms with Crippen LogP contribution in [-0.4, -0.2) is 16.0 Å². The van der Waals surface area contributed by atoms with Crippen LogP contribution in [0.5, 0.6) is 0 Å². The van der Waals surface area contributed by atoms with Gasteiger partial charge < -0.3 is 5.73 Å². The van der Waals surface area contributed by atoms with E-state index in [1.165, 1.54) is 12.1 Å². The van der Waals surface area contributed by atoms with E-state index in [1.54, 1.807) is 12.3 Å². The zero-order valence-electron chi connectivity index (χ0n) is 10.6. The van der Waals surface area contributed by atoms with Crippen molar-refractivity contribution in [2.75, 3.05) is 0 Å². The van der Waals surface area contributed by atoms with E-state index in [0.29, 0.717) is 24.2 Å². The van der Waals surface area contributed by atoms with Crippen molar-refractivity contribution >= 4 is 0 Å². The Morgan fingerprint density at radius 2 is 1.89 bits per heavy atom. The van der Waals surface area contributed by atoms with Gasteiger partial charge in [-0.1, -0.05) is 0 Å². The molecule has 5 heteroatoms. The summed E-state index contributed by atoms with van der Waals surface area (Å²) >= 11 is 0. The van der Waals surface area contributed by atoms with Crippen molar-refractivity contribution < 1.29 is 8.78 Å². The summed E-state index contributed by atoms with van der Waals surface area (Å²) in [5.74, 6) is -0.661. The molecule has 0 radical (unpaired) electrons. The summed E-state index contributed by atoms with van der Waals surface area (Å²) in [6.07, 6.45) is 2.57. The van der Waals surface area contributed by atoms with Gasteiger partial charge in [-0.3, -0.25) is 0 Å². The van der Waals surface area contributed by atoms with Crippen LogP contribution in [0.3, 0.4) is 0 Å². The second-order valence-electron chi connectivity index (χ2n) is 4.60. The maximum absolute atomic E-state index is 13.1. The second-order valence-corrected chi connectivity index (χ2v) is 4.60. The minimum atomic E-state index is -0.596. The molecule has 0 aliphatic heterocycles. The van der Waals surface area contributed by atoms with E-state index in [-0.39, 0.29) is 6.04 Å². The number of nitrogens with zero attached hydrogens (tertiary/aromatic N) is 2. The van der Waals surface area contributed by atoms with E-state index < -0.39 is 11.6 Å². The largest absolute Gasteiger partial charge is 0.328 e. The van der Waals surface area contributed by atoms with Crippen molar-refractivity contribution in [1.82, 2.24) is 9.97 Å². The van der Waals surface area contributed by atoms with E-state index in [4.69, 9.17) is 5.73 Å². The van der Waals surface area contributed by atoms with Crippen LogP contribution >= 0.6 is 0 Å². The Hall–Kier alpha value is -1.88. The molecule has 100 valence electrons. The first-order valence-electron chi connectivity index (χ1n) is 6.04. The summed E-state index contributed by atoms with van der Waals surface area (Å²) in [5, 5.41) is 0. The van der Waals surface area contributed by atoms with Crippen LogP contribution in [-0.2, 0) is 12.8 Å². The lowest BCUT2D eigenvalue weighted by atomic mass is 10.1. The molecule has 0 spiro atoms.